The van der Waals surface area contributed by atoms with Gasteiger partial charge in [0, 0.05) is 34.1 Å². The van der Waals surface area contributed by atoms with Crippen molar-refractivity contribution in [2.45, 2.75) is 31.2 Å². The fourth-order valence-electron chi connectivity index (χ4n) is 2.25. The van der Waals surface area contributed by atoms with Crippen molar-refractivity contribution in [1.82, 2.24) is 5.32 Å². The first kappa shape index (κ1) is 10.5. The highest BCUT2D eigenvalue weighted by molar-refractivity contribution is 6.35. The molecule has 2 atom stereocenters. The molecule has 1 nitrogen and oxygen atoms in total. The van der Waals surface area contributed by atoms with E-state index in [0.29, 0.717) is 17.0 Å². The van der Waals surface area contributed by atoms with Crippen LogP contribution in [-0.4, -0.2) is 6.04 Å². The lowest BCUT2D eigenvalue weighted by Gasteiger charge is -2.38. The summed E-state index contributed by atoms with van der Waals surface area (Å²) in [5.41, 5.74) is 2.62. The van der Waals surface area contributed by atoms with Gasteiger partial charge in [-0.3, -0.25) is 0 Å². The molecule has 2 unspecified atom stereocenters. The van der Waals surface area contributed by atoms with Gasteiger partial charge in [-0.15, -0.1) is 0 Å². The van der Waals surface area contributed by atoms with Crippen molar-refractivity contribution in [2.75, 3.05) is 0 Å². The number of rotatable bonds is 3. The highest BCUT2D eigenvalue weighted by atomic mass is 35.5. The molecule has 3 heteroatoms. The molecule has 1 saturated carbocycles. The maximum absolute atomic E-state index is 6.23. The van der Waals surface area contributed by atoms with Crippen LogP contribution in [0.4, 0.5) is 0 Å². The highest BCUT2D eigenvalue weighted by Gasteiger charge is 2.34. The van der Waals surface area contributed by atoms with Gasteiger partial charge in [0.1, 0.15) is 0 Å². The molecule has 0 saturated heterocycles. The lowest BCUT2D eigenvalue weighted by molar-refractivity contribution is 0.306. The zero-order chi connectivity index (χ0) is 11.1. The van der Waals surface area contributed by atoms with Crippen LogP contribution < -0.4 is 5.32 Å². The van der Waals surface area contributed by atoms with Crippen LogP contribution in [0.1, 0.15) is 30.7 Å². The molecule has 16 heavy (non-hydrogen) atoms. The molecule has 0 heterocycles. The lowest BCUT2D eigenvalue weighted by atomic mass is 9.75. The second-order valence-corrected chi connectivity index (χ2v) is 5.38. The predicted molar refractivity (Wildman–Crippen MR) is 68.1 cm³/mol. The first-order valence-corrected chi connectivity index (χ1v) is 6.40. The molecule has 1 N–H and O–H groups in total. The molecule has 2 aliphatic carbocycles. The number of nitrogens with one attached hydrogen (secondary N) is 1. The average Bonchev–Trinajstić information content (AvgIpc) is 3.01. The Morgan fingerprint density at radius 2 is 2.00 bits per heavy atom. The van der Waals surface area contributed by atoms with Crippen molar-refractivity contribution in [3.63, 3.8) is 0 Å². The quantitative estimate of drug-likeness (QED) is 0.855. The van der Waals surface area contributed by atoms with Crippen molar-refractivity contribution in [3.05, 3.63) is 45.6 Å². The first-order valence-electron chi connectivity index (χ1n) is 5.64. The Morgan fingerprint density at radius 1 is 1.19 bits per heavy atom. The van der Waals surface area contributed by atoms with Gasteiger partial charge in [0.15, 0.2) is 0 Å². The van der Waals surface area contributed by atoms with Crippen molar-refractivity contribution in [3.8, 4) is 0 Å². The van der Waals surface area contributed by atoms with Gasteiger partial charge in [-0.05, 0) is 30.5 Å². The number of hydrogen-bond acceptors (Lipinski definition) is 1. The van der Waals surface area contributed by atoms with Gasteiger partial charge in [0.2, 0.25) is 0 Å². The Hall–Kier alpha value is -0.660. The molecule has 2 aliphatic rings. The van der Waals surface area contributed by atoms with Gasteiger partial charge in [-0.2, -0.15) is 0 Å². The van der Waals surface area contributed by atoms with E-state index in [1.54, 1.807) is 0 Å². The second kappa shape index (κ2) is 3.97. The van der Waals surface area contributed by atoms with Crippen LogP contribution in [0.5, 0.6) is 0 Å². The molecule has 0 amide bonds. The minimum atomic E-state index is 0.547. The molecule has 1 aromatic carbocycles. The smallest absolute Gasteiger partial charge is 0.0456 e. The van der Waals surface area contributed by atoms with Crippen LogP contribution in [0.2, 0.25) is 10.0 Å². The Balaban J connectivity index is 1.78. The lowest BCUT2D eigenvalue weighted by Crippen LogP contribution is -2.40. The van der Waals surface area contributed by atoms with Crippen molar-refractivity contribution < 1.29 is 0 Å². The molecular formula is C13H13Cl2N. The third-order valence-electron chi connectivity index (χ3n) is 3.42. The standard InChI is InChI=1S/C13H13Cl2N/c14-8-1-4-10(12(15)7-8)11-5-6-13(11)16-9-2-3-9/h1-2,4,7,11,13,16H,3,5-6H2. The molecule has 0 aliphatic heterocycles. The van der Waals surface area contributed by atoms with Crippen molar-refractivity contribution in [2.24, 2.45) is 0 Å². The monoisotopic (exact) mass is 253 g/mol. The topological polar surface area (TPSA) is 12.0 Å². The summed E-state index contributed by atoms with van der Waals surface area (Å²) in [5, 5.41) is 5.06. The van der Waals surface area contributed by atoms with E-state index in [-0.39, 0.29) is 0 Å². The molecule has 0 radical (unpaired) electrons. The number of hydrogen-bond donors (Lipinski definition) is 1. The van der Waals surface area contributed by atoms with E-state index in [0.717, 1.165) is 11.4 Å². The van der Waals surface area contributed by atoms with Gasteiger partial charge in [-0.1, -0.05) is 35.3 Å². The largest absolute Gasteiger partial charge is 0.385 e. The third-order valence-corrected chi connectivity index (χ3v) is 3.98. The van der Waals surface area contributed by atoms with Crippen LogP contribution in [0.15, 0.2) is 30.0 Å². The Morgan fingerprint density at radius 3 is 2.56 bits per heavy atom. The summed E-state index contributed by atoms with van der Waals surface area (Å²) in [5.74, 6) is 0.547. The van der Waals surface area contributed by atoms with Crippen LogP contribution in [-0.2, 0) is 0 Å². The fraction of sp³-hybridized carbons (Fsp3) is 0.385. The second-order valence-electron chi connectivity index (χ2n) is 4.53. The van der Waals surface area contributed by atoms with Gasteiger partial charge in [0.25, 0.3) is 0 Å². The zero-order valence-electron chi connectivity index (χ0n) is 8.84. The highest BCUT2D eigenvalue weighted by Crippen LogP contribution is 2.41. The van der Waals surface area contributed by atoms with E-state index in [1.165, 1.54) is 24.1 Å². The Kier molecular flexibility index (Phi) is 2.61. The Labute approximate surface area is 105 Å². The average molecular weight is 254 g/mol. The summed E-state index contributed by atoms with van der Waals surface area (Å²) >= 11 is 12.1. The van der Waals surface area contributed by atoms with Gasteiger partial charge < -0.3 is 5.32 Å². The van der Waals surface area contributed by atoms with Crippen molar-refractivity contribution in [1.29, 1.82) is 0 Å². The summed E-state index contributed by atoms with van der Waals surface area (Å²) in [7, 11) is 0. The van der Waals surface area contributed by atoms with E-state index in [1.807, 2.05) is 12.1 Å². The summed E-state index contributed by atoms with van der Waals surface area (Å²) < 4.78 is 0. The summed E-state index contributed by atoms with van der Waals surface area (Å²) in [6.45, 7) is 0. The molecule has 1 fully saturated rings. The normalized spacial score (nSPS) is 27.0. The number of allylic oxidation sites excluding steroid dienone is 2. The van der Waals surface area contributed by atoms with E-state index in [2.05, 4.69) is 17.5 Å². The first-order chi connectivity index (χ1) is 7.74. The molecule has 0 bridgehead atoms. The molecular weight excluding hydrogens is 241 g/mol. The minimum absolute atomic E-state index is 0.547. The maximum atomic E-state index is 6.23. The van der Waals surface area contributed by atoms with Crippen LogP contribution in [0.25, 0.3) is 0 Å². The van der Waals surface area contributed by atoms with E-state index < -0.39 is 0 Å². The van der Waals surface area contributed by atoms with Crippen molar-refractivity contribution >= 4 is 23.2 Å². The third kappa shape index (κ3) is 1.94. The fourth-order valence-corrected chi connectivity index (χ4v) is 2.80. The zero-order valence-corrected chi connectivity index (χ0v) is 10.4. The van der Waals surface area contributed by atoms with Crippen LogP contribution in [0, 0.1) is 0 Å². The van der Waals surface area contributed by atoms with Gasteiger partial charge >= 0.3 is 0 Å². The molecule has 3 rings (SSSR count). The van der Waals surface area contributed by atoms with Gasteiger partial charge in [0.05, 0.1) is 0 Å². The molecule has 0 spiro atoms. The van der Waals surface area contributed by atoms with E-state index in [4.69, 9.17) is 23.2 Å². The SMILES string of the molecule is Clc1ccc(C2CCC2NC2=CC2)c(Cl)c1. The molecule has 1 aromatic rings. The summed E-state index contributed by atoms with van der Waals surface area (Å²) in [6.07, 6.45) is 5.81. The van der Waals surface area contributed by atoms with E-state index in [9.17, 15) is 0 Å². The van der Waals surface area contributed by atoms with Gasteiger partial charge in [-0.25, -0.2) is 0 Å². The predicted octanol–water partition coefficient (Wildman–Crippen LogP) is 4.12. The van der Waals surface area contributed by atoms with Crippen LogP contribution in [0.3, 0.4) is 0 Å². The summed E-state index contributed by atoms with van der Waals surface area (Å²) in [4.78, 5) is 0. The number of halogens is 2. The number of benzene rings is 1. The Bertz CT molecular complexity index is 453. The maximum Gasteiger partial charge on any atom is 0.0456 e. The van der Waals surface area contributed by atoms with Crippen LogP contribution >= 0.6 is 23.2 Å². The molecule has 84 valence electrons. The molecule has 0 aromatic heterocycles. The minimum Gasteiger partial charge on any atom is -0.385 e. The van der Waals surface area contributed by atoms with E-state index >= 15 is 0 Å². The summed E-state index contributed by atoms with van der Waals surface area (Å²) in [6, 6.07) is 6.39.